The van der Waals surface area contributed by atoms with Crippen molar-refractivity contribution in [2.24, 2.45) is 118 Å². The highest BCUT2D eigenvalue weighted by molar-refractivity contribution is 5.68. The van der Waals surface area contributed by atoms with Crippen molar-refractivity contribution < 1.29 is 15.0 Å². The molecule has 20 atom stereocenters. The minimum atomic E-state index is -0.158. The van der Waals surface area contributed by atoms with Crippen LogP contribution in [0, 0.1) is 113 Å². The fourth-order valence-electron chi connectivity index (χ4n) is 23.1. The van der Waals surface area contributed by atoms with Gasteiger partial charge in [0.25, 0.3) is 0 Å². The first-order valence-electron chi connectivity index (χ1n) is 27.8. The Labute approximate surface area is 399 Å². The van der Waals surface area contributed by atoms with Gasteiger partial charge in [-0.2, -0.15) is 0 Å². The second-order valence-electron chi connectivity index (χ2n) is 29.1. The predicted molar refractivity (Wildman–Crippen MR) is 270 cm³/mol. The normalized spacial score (nSPS) is 55.9. The fraction of sp³-hybridized carbons (Fsp3) is 0.902. The van der Waals surface area contributed by atoms with Gasteiger partial charge in [-0.15, -0.1) is 0 Å². The third kappa shape index (κ3) is 6.30. The van der Waals surface area contributed by atoms with Gasteiger partial charge in [0.15, 0.2) is 0 Å². The number of nitrogens with zero attached hydrogens (tertiary/aromatic N) is 1. The second-order valence-corrected chi connectivity index (χ2v) is 29.1. The number of aliphatic hydroxyl groups excluding tert-OH is 2. The van der Waals surface area contributed by atoms with Crippen LogP contribution in [-0.2, 0) is 4.79 Å². The molecule has 10 aliphatic carbocycles. The van der Waals surface area contributed by atoms with Crippen LogP contribution in [0.2, 0.25) is 0 Å². The SMILES string of the molecule is C=C(C)C1CC[C@]2(C=NC)CCC3(C)C(CCC4[C@@]5(C)CC[C@H](O)C(C)(C)C5CC[C@]43C)C12.C=C(C)C1CC[C@]2(C=O)CCC3(C)C(CCC4[C@@]5(C)CC[C@H](O)C(C)(C)C5CC[C@]43C)C12. The summed E-state index contributed by atoms with van der Waals surface area (Å²) < 4.78 is 0. The van der Waals surface area contributed by atoms with E-state index in [0.29, 0.717) is 73.4 Å². The Morgan fingerprint density at radius 3 is 1.28 bits per heavy atom. The van der Waals surface area contributed by atoms with Crippen LogP contribution in [0.5, 0.6) is 0 Å². The van der Waals surface area contributed by atoms with Crippen LogP contribution in [0.15, 0.2) is 29.3 Å². The summed E-state index contributed by atoms with van der Waals surface area (Å²) in [7, 11) is 1.99. The number of hydrogen-bond acceptors (Lipinski definition) is 4. The molecule has 0 spiro atoms. The Hall–Kier alpha value is -1.26. The maximum Gasteiger partial charge on any atom is 0.126 e. The van der Waals surface area contributed by atoms with Crippen LogP contribution in [0.25, 0.3) is 0 Å². The topological polar surface area (TPSA) is 69.9 Å². The minimum absolute atomic E-state index is 0.0157. The molecule has 10 saturated carbocycles. The smallest absolute Gasteiger partial charge is 0.126 e. The van der Waals surface area contributed by atoms with E-state index in [1.165, 1.54) is 114 Å². The Morgan fingerprint density at radius 2 is 0.877 bits per heavy atom. The van der Waals surface area contributed by atoms with Crippen molar-refractivity contribution in [3.63, 3.8) is 0 Å². The summed E-state index contributed by atoms with van der Waals surface area (Å²) >= 11 is 0. The summed E-state index contributed by atoms with van der Waals surface area (Å²) in [4.78, 5) is 17.2. The highest BCUT2D eigenvalue weighted by Gasteiger charge is 2.73. The van der Waals surface area contributed by atoms with E-state index >= 15 is 0 Å². The third-order valence-corrected chi connectivity index (χ3v) is 26.8. The zero-order valence-electron chi connectivity index (χ0n) is 44.4. The van der Waals surface area contributed by atoms with Gasteiger partial charge in [0.1, 0.15) is 6.29 Å². The summed E-state index contributed by atoms with van der Waals surface area (Å²) in [5.41, 5.74) is 5.14. The third-order valence-electron chi connectivity index (χ3n) is 26.8. The number of hydrogen-bond donors (Lipinski definition) is 2. The maximum absolute atomic E-state index is 12.6. The van der Waals surface area contributed by atoms with Gasteiger partial charge in [0, 0.05) is 24.1 Å². The standard InChI is InChI=1S/C31H51NO.C30H48O2/c1-20(2)21-11-16-31(19-32-8)18-17-29(6)22(26(21)31)9-10-24-28(5)14-13-25(33)27(3,4)23(28)12-15-30(24,29)7;1-19(2)20-10-15-30(18-31)17-16-28(6)21(25(20)30)8-9-23-27(5)13-12-24(32)26(3,4)22(27)11-14-29(23,28)7/h19,21-26,33H,1,9-18H2,2-8H3;18,20-25,32H,1,8-17H2,2-7H3/t21?,22?,23?,24?,25-,26?,28-,29?,30+,31+;20?,21?,22?,23?,24-,25?,27-,28?,29+,30+/m00/s1. The molecule has 0 aromatic carbocycles. The van der Waals surface area contributed by atoms with Crippen molar-refractivity contribution in [2.45, 2.75) is 224 Å². The lowest BCUT2D eigenvalue weighted by Crippen LogP contribution is -2.66. The van der Waals surface area contributed by atoms with Crippen LogP contribution < -0.4 is 0 Å². The van der Waals surface area contributed by atoms with E-state index in [4.69, 9.17) is 0 Å². The fourth-order valence-corrected chi connectivity index (χ4v) is 23.1. The summed E-state index contributed by atoms with van der Waals surface area (Å²) in [5, 5.41) is 21.8. The quantitative estimate of drug-likeness (QED) is 0.168. The van der Waals surface area contributed by atoms with E-state index in [1.54, 1.807) is 0 Å². The summed E-state index contributed by atoms with van der Waals surface area (Å²) in [6.07, 6.45) is 28.2. The molecular weight excluding hydrogens is 795 g/mol. The molecule has 0 bridgehead atoms. The van der Waals surface area contributed by atoms with Crippen LogP contribution in [0.3, 0.4) is 0 Å². The molecule has 4 heteroatoms. The number of carbonyl (C=O) groups excluding carboxylic acids is 1. The van der Waals surface area contributed by atoms with E-state index in [9.17, 15) is 15.0 Å². The lowest BCUT2D eigenvalue weighted by Gasteiger charge is -2.72. The van der Waals surface area contributed by atoms with Crippen molar-refractivity contribution in [3.05, 3.63) is 24.3 Å². The van der Waals surface area contributed by atoms with Crippen LogP contribution >= 0.6 is 0 Å². The summed E-state index contributed by atoms with van der Waals surface area (Å²) in [6.45, 7) is 38.8. The molecule has 0 radical (unpaired) electrons. The van der Waals surface area contributed by atoms with E-state index in [0.717, 1.165) is 55.8 Å². The number of aliphatic imine (C=N–C) groups is 1. The molecule has 10 rings (SSSR count). The summed E-state index contributed by atoms with van der Waals surface area (Å²) in [5.74, 6) is 6.65. The number of carbonyl (C=O) groups is 1. The van der Waals surface area contributed by atoms with Crippen molar-refractivity contribution in [2.75, 3.05) is 7.05 Å². The average molecular weight is 894 g/mol. The van der Waals surface area contributed by atoms with Gasteiger partial charge < -0.3 is 20.0 Å². The molecule has 0 aliphatic heterocycles. The monoisotopic (exact) mass is 894 g/mol. The molecular formula is C61H99NO3. The average Bonchev–Trinajstić information content (AvgIpc) is 3.82. The molecule has 0 aromatic heterocycles. The highest BCUT2D eigenvalue weighted by atomic mass is 16.3. The molecule has 12 unspecified atom stereocenters. The number of rotatable bonds is 4. The van der Waals surface area contributed by atoms with Crippen molar-refractivity contribution in [3.8, 4) is 0 Å². The van der Waals surface area contributed by atoms with E-state index in [1.807, 2.05) is 7.05 Å². The van der Waals surface area contributed by atoms with Gasteiger partial charge in [-0.05, 0) is 245 Å². The first-order valence-corrected chi connectivity index (χ1v) is 27.8. The molecule has 65 heavy (non-hydrogen) atoms. The highest BCUT2D eigenvalue weighted by Crippen LogP contribution is 2.79. The van der Waals surface area contributed by atoms with Crippen LogP contribution in [0.4, 0.5) is 0 Å². The lowest BCUT2D eigenvalue weighted by molar-refractivity contribution is -0.245. The molecule has 4 nitrogen and oxygen atoms in total. The van der Waals surface area contributed by atoms with Crippen molar-refractivity contribution in [1.82, 2.24) is 0 Å². The predicted octanol–water partition coefficient (Wildman–Crippen LogP) is 14.9. The van der Waals surface area contributed by atoms with Gasteiger partial charge >= 0.3 is 0 Å². The first-order chi connectivity index (χ1) is 30.2. The van der Waals surface area contributed by atoms with Gasteiger partial charge in [-0.1, -0.05) is 93.5 Å². The van der Waals surface area contributed by atoms with E-state index in [2.05, 4.69) is 107 Å². The number of allylic oxidation sites excluding steroid dienone is 2. The molecule has 0 heterocycles. The Balaban J connectivity index is 0.000000164. The van der Waals surface area contributed by atoms with E-state index < -0.39 is 0 Å². The van der Waals surface area contributed by atoms with Crippen LogP contribution in [-0.4, -0.2) is 42.0 Å². The van der Waals surface area contributed by atoms with E-state index in [-0.39, 0.29) is 28.5 Å². The molecule has 0 saturated heterocycles. The molecule has 10 aliphatic rings. The molecule has 2 N–H and O–H groups in total. The maximum atomic E-state index is 12.6. The largest absolute Gasteiger partial charge is 0.393 e. The number of aldehydes is 1. The summed E-state index contributed by atoms with van der Waals surface area (Å²) in [6, 6.07) is 0. The van der Waals surface area contributed by atoms with Gasteiger partial charge in [0.05, 0.1) is 12.2 Å². The molecule has 10 fully saturated rings. The Morgan fingerprint density at radius 1 is 0.477 bits per heavy atom. The molecule has 0 amide bonds. The van der Waals surface area contributed by atoms with Gasteiger partial charge in [-0.3, -0.25) is 0 Å². The van der Waals surface area contributed by atoms with Crippen molar-refractivity contribution >= 4 is 12.5 Å². The molecule has 0 aromatic rings. The van der Waals surface area contributed by atoms with Gasteiger partial charge in [-0.25, -0.2) is 0 Å². The second kappa shape index (κ2) is 15.6. The van der Waals surface area contributed by atoms with Crippen LogP contribution in [0.1, 0.15) is 212 Å². The van der Waals surface area contributed by atoms with Crippen molar-refractivity contribution in [1.29, 1.82) is 0 Å². The Bertz CT molecular complexity index is 1930. The number of aliphatic hydroxyl groups is 2. The minimum Gasteiger partial charge on any atom is -0.393 e. The first kappa shape index (κ1) is 48.8. The zero-order chi connectivity index (χ0) is 47.3. The Kier molecular flexibility index (Phi) is 11.7. The van der Waals surface area contributed by atoms with Gasteiger partial charge in [0.2, 0.25) is 0 Å². The lowest BCUT2D eigenvalue weighted by atomic mass is 9.32. The zero-order valence-corrected chi connectivity index (χ0v) is 44.4. The molecule has 366 valence electrons. The number of fused-ring (bicyclic) bond motifs is 14.